The average molecular weight is 395 g/mol. The van der Waals surface area contributed by atoms with Gasteiger partial charge < -0.3 is 10.1 Å². The van der Waals surface area contributed by atoms with Crippen LogP contribution in [0.1, 0.15) is 16.7 Å². The van der Waals surface area contributed by atoms with Crippen molar-refractivity contribution >= 4 is 23.7 Å². The number of nitriles is 1. The Morgan fingerprint density at radius 3 is 2.43 bits per heavy atom. The molecule has 0 atom stereocenters. The minimum Gasteiger partial charge on any atom is -0.488 e. The summed E-state index contributed by atoms with van der Waals surface area (Å²) in [4.78, 5) is 26.2. The van der Waals surface area contributed by atoms with E-state index >= 15 is 0 Å². The molecular weight excluding hydrogens is 378 g/mol. The van der Waals surface area contributed by atoms with Crippen LogP contribution in [0.25, 0.3) is 6.08 Å². The van der Waals surface area contributed by atoms with Crippen molar-refractivity contribution in [3.05, 3.63) is 101 Å². The lowest BCUT2D eigenvalue weighted by molar-refractivity contribution is -0.113. The quantitative estimate of drug-likeness (QED) is 0.518. The van der Waals surface area contributed by atoms with Crippen LogP contribution in [0, 0.1) is 11.3 Å². The van der Waals surface area contributed by atoms with Crippen molar-refractivity contribution in [3.8, 4) is 11.8 Å². The van der Waals surface area contributed by atoms with Gasteiger partial charge in [-0.05, 0) is 30.3 Å². The van der Waals surface area contributed by atoms with Crippen molar-refractivity contribution < 1.29 is 14.3 Å². The van der Waals surface area contributed by atoms with E-state index in [2.05, 4.69) is 11.4 Å². The van der Waals surface area contributed by atoms with Gasteiger partial charge >= 0.3 is 6.03 Å². The lowest BCUT2D eigenvalue weighted by Gasteiger charge is -2.11. The first-order valence-electron chi connectivity index (χ1n) is 9.29. The predicted molar refractivity (Wildman–Crippen MR) is 112 cm³/mol. The van der Waals surface area contributed by atoms with Gasteiger partial charge in [-0.15, -0.1) is 0 Å². The maximum absolute atomic E-state index is 12.8. The molecule has 0 spiro atoms. The van der Waals surface area contributed by atoms with Crippen molar-refractivity contribution in [3.63, 3.8) is 0 Å². The third-order valence-corrected chi connectivity index (χ3v) is 4.63. The van der Waals surface area contributed by atoms with Gasteiger partial charge in [0.05, 0.1) is 17.3 Å². The van der Waals surface area contributed by atoms with Crippen LogP contribution in [0.2, 0.25) is 0 Å². The van der Waals surface area contributed by atoms with Gasteiger partial charge in [0, 0.05) is 11.1 Å². The Balaban J connectivity index is 1.58. The topological polar surface area (TPSA) is 82.4 Å². The molecule has 1 heterocycles. The number of anilines is 1. The highest BCUT2D eigenvalue weighted by molar-refractivity contribution is 6.28. The smallest absolute Gasteiger partial charge is 0.333 e. The Morgan fingerprint density at radius 2 is 1.63 bits per heavy atom. The van der Waals surface area contributed by atoms with E-state index < -0.39 is 11.9 Å². The molecule has 3 amide bonds. The zero-order valence-corrected chi connectivity index (χ0v) is 15.9. The first-order valence-corrected chi connectivity index (χ1v) is 9.29. The minimum atomic E-state index is -0.501. The maximum atomic E-state index is 12.8. The SMILES string of the molecule is N#Cc1ccccc1COc1ccccc1/C=C1\NC(=O)N(c2ccccc2)C1=O. The van der Waals surface area contributed by atoms with Gasteiger partial charge in [-0.3, -0.25) is 4.79 Å². The van der Waals surface area contributed by atoms with E-state index in [1.54, 1.807) is 54.6 Å². The van der Waals surface area contributed by atoms with Crippen molar-refractivity contribution in [2.75, 3.05) is 4.90 Å². The van der Waals surface area contributed by atoms with Crippen LogP contribution in [-0.2, 0) is 11.4 Å². The van der Waals surface area contributed by atoms with E-state index in [0.29, 0.717) is 22.6 Å². The fourth-order valence-corrected chi connectivity index (χ4v) is 3.14. The molecule has 3 aromatic carbocycles. The Labute approximate surface area is 173 Å². The molecule has 0 aromatic heterocycles. The van der Waals surface area contributed by atoms with Gasteiger partial charge in [-0.25, -0.2) is 9.69 Å². The highest BCUT2D eigenvalue weighted by Gasteiger charge is 2.34. The lowest BCUT2D eigenvalue weighted by Crippen LogP contribution is -2.30. The number of carbonyl (C=O) groups is 2. The van der Waals surface area contributed by atoms with E-state index in [-0.39, 0.29) is 12.3 Å². The van der Waals surface area contributed by atoms with E-state index in [1.165, 1.54) is 0 Å². The average Bonchev–Trinajstić information content (AvgIpc) is 3.06. The fourth-order valence-electron chi connectivity index (χ4n) is 3.14. The van der Waals surface area contributed by atoms with Gasteiger partial charge in [0.2, 0.25) is 0 Å². The summed E-state index contributed by atoms with van der Waals surface area (Å²) in [5.74, 6) is 0.105. The molecule has 146 valence electrons. The number of hydrogen-bond donors (Lipinski definition) is 1. The number of rotatable bonds is 5. The number of hydrogen-bond acceptors (Lipinski definition) is 4. The van der Waals surface area contributed by atoms with Crippen LogP contribution < -0.4 is 15.0 Å². The number of imide groups is 1. The normalized spacial score (nSPS) is 14.5. The van der Waals surface area contributed by atoms with E-state index in [9.17, 15) is 14.9 Å². The molecule has 3 aromatic rings. The van der Waals surface area contributed by atoms with Gasteiger partial charge in [-0.1, -0.05) is 54.6 Å². The predicted octanol–water partition coefficient (Wildman–Crippen LogP) is 4.23. The Morgan fingerprint density at radius 1 is 0.933 bits per heavy atom. The third-order valence-electron chi connectivity index (χ3n) is 4.63. The van der Waals surface area contributed by atoms with E-state index in [4.69, 9.17) is 4.74 Å². The summed E-state index contributed by atoms with van der Waals surface area (Å²) in [5.41, 5.74) is 2.62. The Kier molecular flexibility index (Phi) is 5.27. The molecular formula is C24H17N3O3. The summed E-state index contributed by atoms with van der Waals surface area (Å²) in [6.45, 7) is 0.209. The summed E-state index contributed by atoms with van der Waals surface area (Å²) in [6, 6.07) is 24.8. The first kappa shape index (κ1) is 19.0. The zero-order chi connectivity index (χ0) is 20.9. The van der Waals surface area contributed by atoms with Crippen LogP contribution in [0.5, 0.6) is 5.75 Å². The number of carbonyl (C=O) groups excluding carboxylic acids is 2. The maximum Gasteiger partial charge on any atom is 0.333 e. The molecule has 0 unspecified atom stereocenters. The van der Waals surface area contributed by atoms with Crippen LogP contribution in [0.4, 0.5) is 10.5 Å². The fraction of sp³-hybridized carbons (Fsp3) is 0.0417. The number of ether oxygens (including phenoxy) is 1. The third kappa shape index (κ3) is 3.77. The molecule has 0 aliphatic carbocycles. The number of amides is 3. The van der Waals surface area contributed by atoms with Gasteiger partial charge in [0.1, 0.15) is 18.1 Å². The molecule has 0 radical (unpaired) electrons. The molecule has 4 rings (SSSR count). The van der Waals surface area contributed by atoms with Crippen molar-refractivity contribution in [1.29, 1.82) is 5.26 Å². The molecule has 6 heteroatoms. The number of nitrogens with one attached hydrogen (secondary N) is 1. The molecule has 1 aliphatic heterocycles. The second-order valence-corrected chi connectivity index (χ2v) is 6.56. The largest absolute Gasteiger partial charge is 0.488 e. The van der Waals surface area contributed by atoms with Crippen molar-refractivity contribution in [1.82, 2.24) is 5.32 Å². The standard InChI is InChI=1S/C24H17N3O3/c25-15-18-9-4-5-10-19(18)16-30-22-13-7-6-8-17(22)14-21-23(28)27(24(29)26-21)20-11-2-1-3-12-20/h1-14H,16H2,(H,26,29)/b21-14-. The van der Waals surface area contributed by atoms with Crippen LogP contribution in [0.3, 0.4) is 0 Å². The molecule has 1 N–H and O–H groups in total. The Bertz CT molecular complexity index is 1180. The summed E-state index contributed by atoms with van der Waals surface area (Å²) in [6.07, 6.45) is 1.59. The second kappa shape index (κ2) is 8.33. The molecule has 1 aliphatic rings. The summed E-state index contributed by atoms with van der Waals surface area (Å²) < 4.78 is 5.92. The van der Waals surface area contributed by atoms with Gasteiger partial charge in [0.15, 0.2) is 0 Å². The number of benzene rings is 3. The molecule has 0 bridgehead atoms. The number of nitrogens with zero attached hydrogens (tertiary/aromatic N) is 2. The van der Waals surface area contributed by atoms with Crippen molar-refractivity contribution in [2.45, 2.75) is 6.61 Å². The Hall–Kier alpha value is -4.37. The lowest BCUT2D eigenvalue weighted by atomic mass is 10.1. The van der Waals surface area contributed by atoms with E-state index in [0.717, 1.165) is 10.5 Å². The highest BCUT2D eigenvalue weighted by Crippen LogP contribution is 2.26. The summed E-state index contributed by atoms with van der Waals surface area (Å²) >= 11 is 0. The highest BCUT2D eigenvalue weighted by atomic mass is 16.5. The molecule has 1 fully saturated rings. The number of para-hydroxylation sites is 2. The zero-order valence-electron chi connectivity index (χ0n) is 15.9. The van der Waals surface area contributed by atoms with Crippen LogP contribution >= 0.6 is 0 Å². The number of urea groups is 1. The molecule has 6 nitrogen and oxygen atoms in total. The molecule has 1 saturated heterocycles. The van der Waals surface area contributed by atoms with E-state index in [1.807, 2.05) is 30.3 Å². The van der Waals surface area contributed by atoms with Crippen LogP contribution in [-0.4, -0.2) is 11.9 Å². The summed E-state index contributed by atoms with van der Waals surface area (Å²) in [7, 11) is 0. The summed E-state index contributed by atoms with van der Waals surface area (Å²) in [5, 5.41) is 11.9. The minimum absolute atomic E-state index is 0.164. The van der Waals surface area contributed by atoms with Gasteiger partial charge in [-0.2, -0.15) is 5.26 Å². The monoisotopic (exact) mass is 395 g/mol. The molecule has 0 saturated carbocycles. The second-order valence-electron chi connectivity index (χ2n) is 6.56. The van der Waals surface area contributed by atoms with Gasteiger partial charge in [0.25, 0.3) is 5.91 Å². The van der Waals surface area contributed by atoms with Crippen molar-refractivity contribution in [2.24, 2.45) is 0 Å². The van der Waals surface area contributed by atoms with Crippen LogP contribution in [0.15, 0.2) is 84.6 Å². The molecule has 30 heavy (non-hydrogen) atoms. The first-order chi connectivity index (χ1) is 14.7.